The van der Waals surface area contributed by atoms with Gasteiger partial charge in [-0.15, -0.1) is 0 Å². The Morgan fingerprint density at radius 1 is 0.778 bits per heavy atom. The maximum atomic E-state index is 6.25. The molecule has 0 aromatic heterocycles. The third kappa shape index (κ3) is 6.75. The van der Waals surface area contributed by atoms with Gasteiger partial charge in [0.25, 0.3) is 0 Å². The van der Waals surface area contributed by atoms with E-state index in [9.17, 15) is 0 Å². The fourth-order valence-corrected chi connectivity index (χ4v) is 1.26. The predicted octanol–water partition coefficient (Wildman–Crippen LogP) is 4.58. The van der Waals surface area contributed by atoms with E-state index in [0.29, 0.717) is 12.0 Å². The predicted molar refractivity (Wildman–Crippen MR) is 80.5 cm³/mol. The van der Waals surface area contributed by atoms with Crippen LogP contribution in [0.4, 0.5) is 0 Å². The Morgan fingerprint density at radius 2 is 1.22 bits per heavy atom. The Balaban J connectivity index is 4.35. The highest BCUT2D eigenvalue weighted by atomic mass is 16.5. The van der Waals surface area contributed by atoms with Crippen molar-refractivity contribution in [2.24, 2.45) is 22.0 Å². The average molecular weight is 257 g/mol. The summed E-state index contributed by atoms with van der Waals surface area (Å²) < 4.78 is 5.99. The standard InChI is InChI=1S/C16H35NO/c1-13(2,3)10-11-16(9,17)18-12-15(7,8)14(4,5)6/h10-12,17H2,1-9H3. The zero-order valence-corrected chi connectivity index (χ0v) is 14.1. The van der Waals surface area contributed by atoms with Crippen LogP contribution in [0.5, 0.6) is 0 Å². The molecule has 0 aromatic carbocycles. The molecule has 0 aromatic rings. The molecular weight excluding hydrogens is 222 g/mol. The second-order valence-corrected chi connectivity index (χ2v) is 8.80. The van der Waals surface area contributed by atoms with Crippen LogP contribution >= 0.6 is 0 Å². The van der Waals surface area contributed by atoms with Gasteiger partial charge in [-0.05, 0) is 36.0 Å². The number of nitrogens with two attached hydrogens (primary N) is 1. The largest absolute Gasteiger partial charge is 0.361 e. The van der Waals surface area contributed by atoms with E-state index in [4.69, 9.17) is 10.5 Å². The maximum absolute atomic E-state index is 6.25. The molecule has 0 radical (unpaired) electrons. The SMILES string of the molecule is CC(C)(C)CCC(C)(N)OCC(C)(C)C(C)(C)C. The summed E-state index contributed by atoms with van der Waals surface area (Å²) in [7, 11) is 0. The molecule has 0 fully saturated rings. The van der Waals surface area contributed by atoms with Gasteiger partial charge in [0, 0.05) is 0 Å². The third-order valence-corrected chi connectivity index (χ3v) is 4.16. The number of rotatable bonds is 5. The lowest BCUT2D eigenvalue weighted by Crippen LogP contribution is -2.45. The van der Waals surface area contributed by atoms with Crippen molar-refractivity contribution in [2.75, 3.05) is 6.61 Å². The van der Waals surface area contributed by atoms with Crippen LogP contribution < -0.4 is 5.73 Å². The summed E-state index contributed by atoms with van der Waals surface area (Å²) >= 11 is 0. The van der Waals surface area contributed by atoms with Crippen molar-refractivity contribution >= 4 is 0 Å². The fourth-order valence-electron chi connectivity index (χ4n) is 1.26. The van der Waals surface area contributed by atoms with Crippen LogP contribution in [0.2, 0.25) is 0 Å². The molecule has 2 N–H and O–H groups in total. The van der Waals surface area contributed by atoms with E-state index < -0.39 is 5.72 Å². The van der Waals surface area contributed by atoms with Crippen molar-refractivity contribution in [1.29, 1.82) is 0 Å². The van der Waals surface area contributed by atoms with Crippen LogP contribution in [0, 0.1) is 16.2 Å². The Kier molecular flexibility index (Phi) is 5.48. The van der Waals surface area contributed by atoms with Crippen molar-refractivity contribution < 1.29 is 4.74 Å². The van der Waals surface area contributed by atoms with Gasteiger partial charge in [-0.2, -0.15) is 0 Å². The first-order chi connectivity index (χ1) is 7.66. The topological polar surface area (TPSA) is 35.2 Å². The van der Waals surface area contributed by atoms with Crippen LogP contribution in [0.15, 0.2) is 0 Å². The van der Waals surface area contributed by atoms with E-state index >= 15 is 0 Å². The molecule has 110 valence electrons. The molecule has 0 aliphatic carbocycles. The molecule has 0 saturated carbocycles. The van der Waals surface area contributed by atoms with Crippen LogP contribution in [0.1, 0.15) is 75.2 Å². The molecule has 0 aliphatic heterocycles. The van der Waals surface area contributed by atoms with Gasteiger partial charge in [0.05, 0.1) is 6.61 Å². The van der Waals surface area contributed by atoms with Gasteiger partial charge in [0.1, 0.15) is 5.72 Å². The van der Waals surface area contributed by atoms with Crippen molar-refractivity contribution in [3.05, 3.63) is 0 Å². The highest BCUT2D eigenvalue weighted by molar-refractivity contribution is 4.83. The molecule has 0 amide bonds. The Labute approximate surface area is 115 Å². The summed E-state index contributed by atoms with van der Waals surface area (Å²) in [6.07, 6.45) is 1.98. The zero-order chi connectivity index (χ0) is 14.8. The second-order valence-electron chi connectivity index (χ2n) is 8.80. The smallest absolute Gasteiger partial charge is 0.113 e. The molecule has 1 atom stereocenters. The monoisotopic (exact) mass is 257 g/mol. The van der Waals surface area contributed by atoms with E-state index in [-0.39, 0.29) is 10.8 Å². The lowest BCUT2D eigenvalue weighted by Gasteiger charge is -2.41. The van der Waals surface area contributed by atoms with Gasteiger partial charge in [-0.1, -0.05) is 55.4 Å². The summed E-state index contributed by atoms with van der Waals surface area (Å²) in [4.78, 5) is 0. The van der Waals surface area contributed by atoms with Crippen LogP contribution in [-0.4, -0.2) is 12.3 Å². The van der Waals surface area contributed by atoms with Crippen LogP contribution in [0.25, 0.3) is 0 Å². The lowest BCUT2D eigenvalue weighted by molar-refractivity contribution is -0.0959. The van der Waals surface area contributed by atoms with E-state index in [2.05, 4.69) is 55.4 Å². The summed E-state index contributed by atoms with van der Waals surface area (Å²) in [5.74, 6) is 0. The Bertz CT molecular complexity index is 253. The molecule has 0 rings (SSSR count). The first-order valence-electron chi connectivity index (χ1n) is 7.09. The molecule has 0 heterocycles. The summed E-state index contributed by atoms with van der Waals surface area (Å²) in [5, 5.41) is 0. The van der Waals surface area contributed by atoms with Gasteiger partial charge in [0.15, 0.2) is 0 Å². The minimum atomic E-state index is -0.518. The highest BCUT2D eigenvalue weighted by Crippen LogP contribution is 2.39. The number of ether oxygens (including phenoxy) is 1. The van der Waals surface area contributed by atoms with E-state index in [1.54, 1.807) is 0 Å². The van der Waals surface area contributed by atoms with Crippen LogP contribution in [-0.2, 0) is 4.74 Å². The van der Waals surface area contributed by atoms with Crippen molar-refractivity contribution in [3.63, 3.8) is 0 Å². The maximum Gasteiger partial charge on any atom is 0.113 e. The summed E-state index contributed by atoms with van der Waals surface area (Å²) in [5.41, 5.74) is 6.38. The average Bonchev–Trinajstić information content (AvgIpc) is 2.10. The molecule has 0 aliphatic rings. The molecule has 0 bridgehead atoms. The van der Waals surface area contributed by atoms with Gasteiger partial charge in [0.2, 0.25) is 0 Å². The van der Waals surface area contributed by atoms with Crippen LogP contribution in [0.3, 0.4) is 0 Å². The summed E-state index contributed by atoms with van der Waals surface area (Å²) in [6.45, 7) is 20.6. The first kappa shape index (κ1) is 17.9. The van der Waals surface area contributed by atoms with Crippen molar-refractivity contribution in [2.45, 2.75) is 80.9 Å². The minimum absolute atomic E-state index is 0.120. The lowest BCUT2D eigenvalue weighted by atomic mass is 9.70. The number of hydrogen-bond donors (Lipinski definition) is 1. The Hall–Kier alpha value is -0.0800. The van der Waals surface area contributed by atoms with Gasteiger partial charge in [-0.3, -0.25) is 0 Å². The number of hydrogen-bond acceptors (Lipinski definition) is 2. The quantitative estimate of drug-likeness (QED) is 0.732. The Morgan fingerprint density at radius 3 is 1.56 bits per heavy atom. The highest BCUT2D eigenvalue weighted by Gasteiger charge is 2.35. The molecule has 1 unspecified atom stereocenters. The molecule has 2 heteroatoms. The van der Waals surface area contributed by atoms with E-state index in [1.165, 1.54) is 0 Å². The fraction of sp³-hybridized carbons (Fsp3) is 1.00. The van der Waals surface area contributed by atoms with E-state index in [1.807, 2.05) is 6.92 Å². The normalized spacial score (nSPS) is 17.7. The van der Waals surface area contributed by atoms with Gasteiger partial charge >= 0.3 is 0 Å². The molecule has 0 saturated heterocycles. The third-order valence-electron chi connectivity index (χ3n) is 4.16. The minimum Gasteiger partial charge on any atom is -0.361 e. The second kappa shape index (κ2) is 5.50. The van der Waals surface area contributed by atoms with Gasteiger partial charge < -0.3 is 10.5 Å². The molecule has 18 heavy (non-hydrogen) atoms. The van der Waals surface area contributed by atoms with E-state index in [0.717, 1.165) is 12.8 Å². The first-order valence-corrected chi connectivity index (χ1v) is 7.09. The van der Waals surface area contributed by atoms with Crippen molar-refractivity contribution in [3.8, 4) is 0 Å². The van der Waals surface area contributed by atoms with Gasteiger partial charge in [-0.25, -0.2) is 0 Å². The zero-order valence-electron chi connectivity index (χ0n) is 14.1. The van der Waals surface area contributed by atoms with Crippen molar-refractivity contribution in [1.82, 2.24) is 0 Å². The molecule has 2 nitrogen and oxygen atoms in total. The molecular formula is C16H35NO. The summed E-state index contributed by atoms with van der Waals surface area (Å²) in [6, 6.07) is 0. The molecule has 0 spiro atoms.